The number of carbonyl (C=O) groups excluding carboxylic acids is 1. The van der Waals surface area contributed by atoms with Crippen LogP contribution in [-0.2, 0) is 6.42 Å². The third-order valence-electron chi connectivity index (χ3n) is 3.77. The van der Waals surface area contributed by atoms with Crippen LogP contribution in [0.15, 0.2) is 42.5 Å². The maximum Gasteiger partial charge on any atom is 0.321 e. The number of nitrogens with one attached hydrogen (secondary N) is 1. The van der Waals surface area contributed by atoms with Crippen molar-refractivity contribution in [2.45, 2.75) is 6.42 Å². The Morgan fingerprint density at radius 2 is 1.92 bits per heavy atom. The maximum atomic E-state index is 12.2. The van der Waals surface area contributed by atoms with E-state index in [-0.39, 0.29) is 6.03 Å². The normalized spacial score (nSPS) is 9.84. The van der Waals surface area contributed by atoms with Gasteiger partial charge in [-0.15, -0.1) is 0 Å². The molecule has 0 spiro atoms. The molecule has 0 atom stereocenters. The van der Waals surface area contributed by atoms with Crippen molar-refractivity contribution in [2.24, 2.45) is 0 Å². The minimum atomic E-state index is -0.226. The Balaban J connectivity index is 1.94. The van der Waals surface area contributed by atoms with Gasteiger partial charge >= 0.3 is 6.03 Å². The lowest BCUT2D eigenvalue weighted by Gasteiger charge is -2.18. The Morgan fingerprint density at radius 1 is 1.16 bits per heavy atom. The molecule has 6 heteroatoms. The van der Waals surface area contributed by atoms with Crippen LogP contribution >= 0.6 is 0 Å². The predicted molar refractivity (Wildman–Crippen MR) is 96.1 cm³/mol. The monoisotopic (exact) mass is 339 g/mol. The average Bonchev–Trinajstić information content (AvgIpc) is 2.65. The molecule has 0 saturated heterocycles. The van der Waals surface area contributed by atoms with Gasteiger partial charge in [-0.2, -0.15) is 5.26 Å². The standard InChI is InChI=1S/C19H21N3O3/c1-22(19(23)21-16-6-4-5-15(11-16)13-20)10-9-14-7-8-17(24-2)18(12-14)25-3/h4-8,11-12H,9-10H2,1-3H3,(H,21,23). The second-order valence-corrected chi connectivity index (χ2v) is 5.48. The Kier molecular flexibility index (Phi) is 6.24. The molecule has 2 aromatic rings. The van der Waals surface area contributed by atoms with Crippen LogP contribution in [0.3, 0.4) is 0 Å². The van der Waals surface area contributed by atoms with Gasteiger partial charge in [-0.3, -0.25) is 0 Å². The van der Waals surface area contributed by atoms with Crippen LogP contribution < -0.4 is 14.8 Å². The summed E-state index contributed by atoms with van der Waals surface area (Å²) in [5, 5.41) is 11.7. The minimum absolute atomic E-state index is 0.226. The first kappa shape index (κ1) is 18.1. The summed E-state index contributed by atoms with van der Waals surface area (Å²) in [5.74, 6) is 1.34. The molecule has 0 aliphatic heterocycles. The zero-order chi connectivity index (χ0) is 18.2. The van der Waals surface area contributed by atoms with E-state index in [0.717, 1.165) is 5.56 Å². The zero-order valence-corrected chi connectivity index (χ0v) is 14.6. The molecule has 2 amide bonds. The fraction of sp³-hybridized carbons (Fsp3) is 0.263. The van der Waals surface area contributed by atoms with E-state index in [0.29, 0.717) is 35.7 Å². The quantitative estimate of drug-likeness (QED) is 0.876. The van der Waals surface area contributed by atoms with Crippen LogP contribution in [0.1, 0.15) is 11.1 Å². The first-order chi connectivity index (χ1) is 12.1. The molecular weight excluding hydrogens is 318 g/mol. The topological polar surface area (TPSA) is 74.6 Å². The fourth-order valence-electron chi connectivity index (χ4n) is 2.32. The number of hydrogen-bond donors (Lipinski definition) is 1. The van der Waals surface area contributed by atoms with E-state index in [1.54, 1.807) is 50.4 Å². The summed E-state index contributed by atoms with van der Waals surface area (Å²) in [6, 6.07) is 14.3. The van der Waals surface area contributed by atoms with Gasteiger partial charge in [-0.1, -0.05) is 12.1 Å². The van der Waals surface area contributed by atoms with Crippen molar-refractivity contribution < 1.29 is 14.3 Å². The molecule has 1 N–H and O–H groups in total. The van der Waals surface area contributed by atoms with E-state index in [1.165, 1.54) is 0 Å². The lowest BCUT2D eigenvalue weighted by molar-refractivity contribution is 0.223. The van der Waals surface area contributed by atoms with E-state index in [2.05, 4.69) is 5.32 Å². The highest BCUT2D eigenvalue weighted by Gasteiger charge is 2.10. The van der Waals surface area contributed by atoms with Gasteiger partial charge in [-0.25, -0.2) is 4.79 Å². The van der Waals surface area contributed by atoms with Crippen LogP contribution in [0.2, 0.25) is 0 Å². The lowest BCUT2D eigenvalue weighted by atomic mass is 10.1. The second kappa shape index (κ2) is 8.60. The first-order valence-electron chi connectivity index (χ1n) is 7.80. The van der Waals surface area contributed by atoms with E-state index in [4.69, 9.17) is 14.7 Å². The highest BCUT2D eigenvalue weighted by molar-refractivity contribution is 5.89. The van der Waals surface area contributed by atoms with Crippen LogP contribution in [0, 0.1) is 11.3 Å². The number of amides is 2. The number of nitrogens with zero attached hydrogens (tertiary/aromatic N) is 2. The first-order valence-corrected chi connectivity index (χ1v) is 7.80. The summed E-state index contributed by atoms with van der Waals surface area (Å²) in [7, 11) is 4.91. The van der Waals surface area contributed by atoms with Gasteiger partial charge in [0.15, 0.2) is 11.5 Å². The van der Waals surface area contributed by atoms with E-state index < -0.39 is 0 Å². The largest absolute Gasteiger partial charge is 0.493 e. The molecule has 0 radical (unpaired) electrons. The number of hydrogen-bond acceptors (Lipinski definition) is 4. The number of urea groups is 1. The van der Waals surface area contributed by atoms with E-state index in [9.17, 15) is 4.79 Å². The van der Waals surface area contributed by atoms with Crippen LogP contribution in [0.25, 0.3) is 0 Å². The lowest BCUT2D eigenvalue weighted by Crippen LogP contribution is -2.33. The third-order valence-corrected chi connectivity index (χ3v) is 3.77. The van der Waals surface area contributed by atoms with Crippen LogP contribution in [0.5, 0.6) is 11.5 Å². The van der Waals surface area contributed by atoms with Gasteiger partial charge in [0, 0.05) is 19.3 Å². The Morgan fingerprint density at radius 3 is 2.60 bits per heavy atom. The minimum Gasteiger partial charge on any atom is -0.493 e. The molecule has 130 valence electrons. The molecule has 6 nitrogen and oxygen atoms in total. The second-order valence-electron chi connectivity index (χ2n) is 5.48. The molecule has 0 heterocycles. The van der Waals surface area contributed by atoms with Gasteiger partial charge < -0.3 is 19.7 Å². The number of carbonyl (C=O) groups is 1. The predicted octanol–water partition coefficient (Wildman–Crippen LogP) is 3.28. The number of methoxy groups -OCH3 is 2. The summed E-state index contributed by atoms with van der Waals surface area (Å²) >= 11 is 0. The van der Waals surface area contributed by atoms with Gasteiger partial charge in [0.05, 0.1) is 25.9 Å². The summed E-state index contributed by atoms with van der Waals surface area (Å²) in [6.45, 7) is 0.541. The molecule has 0 fully saturated rings. The Hall–Kier alpha value is -3.20. The smallest absolute Gasteiger partial charge is 0.321 e. The number of likely N-dealkylation sites (N-methyl/N-ethyl adjacent to an activating group) is 1. The third kappa shape index (κ3) is 4.88. The molecule has 25 heavy (non-hydrogen) atoms. The van der Waals surface area contributed by atoms with Gasteiger partial charge in [0.2, 0.25) is 0 Å². The number of rotatable bonds is 6. The van der Waals surface area contributed by atoms with Gasteiger partial charge in [-0.05, 0) is 42.3 Å². The summed E-state index contributed by atoms with van der Waals surface area (Å²) < 4.78 is 10.5. The van der Waals surface area contributed by atoms with E-state index >= 15 is 0 Å². The van der Waals surface area contributed by atoms with Crippen molar-refractivity contribution in [1.82, 2.24) is 4.90 Å². The Labute approximate surface area is 147 Å². The Bertz CT molecular complexity index is 784. The molecule has 0 aromatic heterocycles. The van der Waals surface area contributed by atoms with Crippen LogP contribution in [-0.4, -0.2) is 38.7 Å². The van der Waals surface area contributed by atoms with Crippen molar-refractivity contribution in [3.05, 3.63) is 53.6 Å². The molecule has 0 aliphatic rings. The average molecular weight is 339 g/mol. The van der Waals surface area contributed by atoms with Crippen molar-refractivity contribution in [3.8, 4) is 17.6 Å². The highest BCUT2D eigenvalue weighted by Crippen LogP contribution is 2.27. The molecule has 0 bridgehead atoms. The fourth-order valence-corrected chi connectivity index (χ4v) is 2.32. The summed E-state index contributed by atoms with van der Waals surface area (Å²) in [5.41, 5.74) is 2.15. The zero-order valence-electron chi connectivity index (χ0n) is 14.6. The SMILES string of the molecule is COc1ccc(CCN(C)C(=O)Nc2cccc(C#N)c2)cc1OC. The van der Waals surface area contributed by atoms with Crippen molar-refractivity contribution in [1.29, 1.82) is 5.26 Å². The van der Waals surface area contributed by atoms with Gasteiger partial charge in [0.1, 0.15) is 0 Å². The van der Waals surface area contributed by atoms with Crippen molar-refractivity contribution >= 4 is 11.7 Å². The molecule has 0 unspecified atom stereocenters. The number of nitriles is 1. The van der Waals surface area contributed by atoms with Crippen molar-refractivity contribution in [2.75, 3.05) is 33.1 Å². The highest BCUT2D eigenvalue weighted by atomic mass is 16.5. The summed E-state index contributed by atoms with van der Waals surface area (Å²) in [4.78, 5) is 13.8. The molecule has 0 saturated carbocycles. The van der Waals surface area contributed by atoms with Gasteiger partial charge in [0.25, 0.3) is 0 Å². The maximum absolute atomic E-state index is 12.2. The summed E-state index contributed by atoms with van der Waals surface area (Å²) in [6.07, 6.45) is 0.683. The molecule has 0 aliphatic carbocycles. The van der Waals surface area contributed by atoms with Crippen LogP contribution in [0.4, 0.5) is 10.5 Å². The molecule has 2 aromatic carbocycles. The molecule has 2 rings (SSSR count). The number of ether oxygens (including phenoxy) is 2. The number of anilines is 1. The number of benzene rings is 2. The van der Waals surface area contributed by atoms with Crippen molar-refractivity contribution in [3.63, 3.8) is 0 Å². The van der Waals surface area contributed by atoms with E-state index in [1.807, 2.05) is 24.3 Å². The molecular formula is C19H21N3O3.